The standard InChI is InChI=1S/C34H32F3NO6/c1-21(31(41)25-15-17-28(18-16-25)44-34(35,36)37)30(24-9-7-23(8-10-24)22-5-3-2-4-6-22)32(42)26-11-13-27(14-12-26)33(43)38-20-19-29(39)40/h7-18,22H,2-6,19-20H2,1H3,(H,38,43)(H,39,40). The van der Waals surface area contributed by atoms with Gasteiger partial charge in [0.2, 0.25) is 0 Å². The average molecular weight is 608 g/mol. The lowest BCUT2D eigenvalue weighted by molar-refractivity contribution is -0.274. The first-order valence-electron chi connectivity index (χ1n) is 14.3. The van der Waals surface area contributed by atoms with Crippen molar-refractivity contribution in [2.24, 2.45) is 0 Å². The van der Waals surface area contributed by atoms with Crippen LogP contribution in [-0.4, -0.2) is 41.5 Å². The number of ether oxygens (including phenoxy) is 1. The van der Waals surface area contributed by atoms with Gasteiger partial charge in [-0.15, -0.1) is 13.2 Å². The largest absolute Gasteiger partial charge is 0.573 e. The molecule has 0 atom stereocenters. The SMILES string of the molecule is CC(C(=O)c1ccc(OC(F)(F)F)cc1)=C(C(=O)c1ccc(C(=O)NCCC(=O)O)cc1)c1ccc(C2CCCCC2)cc1. The first kappa shape index (κ1) is 32.2. The summed E-state index contributed by atoms with van der Waals surface area (Å²) in [5.41, 5.74) is 2.40. The van der Waals surface area contributed by atoms with Crippen LogP contribution in [0.5, 0.6) is 5.75 Å². The van der Waals surface area contributed by atoms with Crippen LogP contribution in [0.15, 0.2) is 78.4 Å². The first-order chi connectivity index (χ1) is 20.9. The maximum absolute atomic E-state index is 13.9. The molecule has 2 N–H and O–H groups in total. The van der Waals surface area contributed by atoms with Crippen molar-refractivity contribution in [3.63, 3.8) is 0 Å². The number of ketones is 2. The molecule has 0 bridgehead atoms. The second kappa shape index (κ2) is 14.2. The highest BCUT2D eigenvalue weighted by Crippen LogP contribution is 2.34. The third kappa shape index (κ3) is 8.43. The molecule has 1 amide bonds. The lowest BCUT2D eigenvalue weighted by atomic mass is 9.83. The third-order valence-electron chi connectivity index (χ3n) is 7.60. The number of halogens is 3. The van der Waals surface area contributed by atoms with Gasteiger partial charge in [-0.2, -0.15) is 0 Å². The Labute approximate surface area is 252 Å². The minimum Gasteiger partial charge on any atom is -0.481 e. The van der Waals surface area contributed by atoms with Gasteiger partial charge in [-0.05, 0) is 73.2 Å². The fraction of sp³-hybridized carbons (Fsp3) is 0.294. The molecule has 1 aliphatic carbocycles. The lowest BCUT2D eigenvalue weighted by Gasteiger charge is -2.22. The number of hydrogen-bond acceptors (Lipinski definition) is 5. The Bertz CT molecular complexity index is 1540. The molecule has 10 heteroatoms. The van der Waals surface area contributed by atoms with Crippen LogP contribution in [0.1, 0.15) is 93.6 Å². The van der Waals surface area contributed by atoms with Crippen LogP contribution < -0.4 is 10.1 Å². The molecule has 230 valence electrons. The summed E-state index contributed by atoms with van der Waals surface area (Å²) in [6.07, 6.45) is 0.587. The van der Waals surface area contributed by atoms with Gasteiger partial charge in [-0.3, -0.25) is 19.2 Å². The second-order valence-electron chi connectivity index (χ2n) is 10.7. The molecule has 0 heterocycles. The number of carbonyl (C=O) groups is 4. The summed E-state index contributed by atoms with van der Waals surface area (Å²) in [4.78, 5) is 50.5. The van der Waals surface area contributed by atoms with Crippen LogP contribution >= 0.6 is 0 Å². The minimum atomic E-state index is -4.88. The van der Waals surface area contributed by atoms with Gasteiger partial charge in [0.05, 0.1) is 6.42 Å². The maximum atomic E-state index is 13.9. The number of benzene rings is 3. The van der Waals surface area contributed by atoms with E-state index in [4.69, 9.17) is 5.11 Å². The van der Waals surface area contributed by atoms with Gasteiger partial charge in [0.25, 0.3) is 5.91 Å². The molecule has 0 spiro atoms. The van der Waals surface area contributed by atoms with Crippen LogP contribution in [0.2, 0.25) is 0 Å². The van der Waals surface area contributed by atoms with E-state index in [9.17, 15) is 32.3 Å². The van der Waals surface area contributed by atoms with Crippen molar-refractivity contribution in [1.29, 1.82) is 0 Å². The molecule has 0 aliphatic heterocycles. The van der Waals surface area contributed by atoms with Crippen LogP contribution in [0.3, 0.4) is 0 Å². The van der Waals surface area contributed by atoms with E-state index in [1.54, 1.807) is 12.1 Å². The van der Waals surface area contributed by atoms with Crippen molar-refractivity contribution in [2.45, 2.75) is 57.7 Å². The van der Waals surface area contributed by atoms with E-state index in [1.807, 2.05) is 12.1 Å². The smallest absolute Gasteiger partial charge is 0.481 e. The van der Waals surface area contributed by atoms with Gasteiger partial charge in [0.1, 0.15) is 5.75 Å². The number of hydrogen-bond donors (Lipinski definition) is 2. The summed E-state index contributed by atoms with van der Waals surface area (Å²) < 4.78 is 41.7. The Morgan fingerprint density at radius 3 is 1.86 bits per heavy atom. The summed E-state index contributed by atoms with van der Waals surface area (Å²) in [6, 6.07) is 17.8. The molecule has 1 aliphatic rings. The normalized spacial score (nSPS) is 14.4. The maximum Gasteiger partial charge on any atom is 0.573 e. The van der Waals surface area contributed by atoms with Gasteiger partial charge in [-0.25, -0.2) is 0 Å². The van der Waals surface area contributed by atoms with E-state index in [2.05, 4.69) is 10.1 Å². The van der Waals surface area contributed by atoms with E-state index in [-0.39, 0.29) is 40.8 Å². The van der Waals surface area contributed by atoms with Crippen LogP contribution in [0.4, 0.5) is 13.2 Å². The Morgan fingerprint density at radius 2 is 1.30 bits per heavy atom. The third-order valence-corrected chi connectivity index (χ3v) is 7.60. The molecular weight excluding hydrogens is 575 g/mol. The second-order valence-corrected chi connectivity index (χ2v) is 10.7. The molecule has 3 aromatic rings. The first-order valence-corrected chi connectivity index (χ1v) is 14.3. The van der Waals surface area contributed by atoms with Gasteiger partial charge >= 0.3 is 12.3 Å². The summed E-state index contributed by atoms with van der Waals surface area (Å²) in [7, 11) is 0. The lowest BCUT2D eigenvalue weighted by Crippen LogP contribution is -2.26. The number of alkyl halides is 3. The number of amides is 1. The predicted octanol–water partition coefficient (Wildman–Crippen LogP) is 7.38. The molecule has 0 unspecified atom stereocenters. The zero-order valence-electron chi connectivity index (χ0n) is 24.1. The van der Waals surface area contributed by atoms with Crippen molar-refractivity contribution < 1.29 is 42.2 Å². The van der Waals surface area contributed by atoms with E-state index >= 15 is 0 Å². The summed E-state index contributed by atoms with van der Waals surface area (Å²) in [5.74, 6) is -2.61. The zero-order chi connectivity index (χ0) is 31.9. The molecule has 44 heavy (non-hydrogen) atoms. The molecule has 1 fully saturated rings. The summed E-state index contributed by atoms with van der Waals surface area (Å²) in [5, 5.41) is 11.3. The molecule has 7 nitrogen and oxygen atoms in total. The van der Waals surface area contributed by atoms with Crippen LogP contribution in [0, 0.1) is 0 Å². The molecule has 3 aromatic carbocycles. The van der Waals surface area contributed by atoms with Crippen LogP contribution in [0.25, 0.3) is 5.57 Å². The number of allylic oxidation sites excluding steroid dienone is 2. The number of rotatable bonds is 11. The number of carboxylic acids is 1. The summed E-state index contributed by atoms with van der Waals surface area (Å²) >= 11 is 0. The Kier molecular flexibility index (Phi) is 10.4. The zero-order valence-corrected chi connectivity index (χ0v) is 24.1. The molecular formula is C34H32F3NO6. The van der Waals surface area contributed by atoms with E-state index in [1.165, 1.54) is 49.7 Å². The quantitative estimate of drug-likeness (QED) is 0.174. The average Bonchev–Trinajstić information content (AvgIpc) is 3.01. The van der Waals surface area contributed by atoms with E-state index in [0.717, 1.165) is 43.4 Å². The minimum absolute atomic E-state index is 0.0524. The van der Waals surface area contributed by atoms with Crippen LogP contribution in [-0.2, 0) is 4.79 Å². The molecule has 0 aromatic heterocycles. The number of aliphatic carboxylic acids is 1. The molecule has 0 radical (unpaired) electrons. The van der Waals surface area contributed by atoms with Crippen molar-refractivity contribution in [3.8, 4) is 5.75 Å². The number of Topliss-reactive ketones (excluding diaryl/α,β-unsaturated/α-hetero) is 2. The van der Waals surface area contributed by atoms with Gasteiger partial charge in [-0.1, -0.05) is 55.7 Å². The highest BCUT2D eigenvalue weighted by Gasteiger charge is 2.31. The fourth-order valence-electron chi connectivity index (χ4n) is 5.32. The summed E-state index contributed by atoms with van der Waals surface area (Å²) in [6.45, 7) is 1.44. The molecule has 4 rings (SSSR count). The Hall–Kier alpha value is -4.73. The topological polar surface area (TPSA) is 110 Å². The van der Waals surface area contributed by atoms with Gasteiger partial charge < -0.3 is 15.2 Å². The van der Waals surface area contributed by atoms with Crippen molar-refractivity contribution in [1.82, 2.24) is 5.32 Å². The Morgan fingerprint density at radius 1 is 0.773 bits per heavy atom. The highest BCUT2D eigenvalue weighted by atomic mass is 19.4. The fourth-order valence-corrected chi connectivity index (χ4v) is 5.32. The number of carbonyl (C=O) groups excluding carboxylic acids is 3. The number of nitrogens with one attached hydrogen (secondary N) is 1. The highest BCUT2D eigenvalue weighted by molar-refractivity contribution is 6.34. The predicted molar refractivity (Wildman–Crippen MR) is 158 cm³/mol. The van der Waals surface area contributed by atoms with Gasteiger partial charge in [0, 0.05) is 34.4 Å². The Balaban J connectivity index is 1.66. The van der Waals surface area contributed by atoms with Crippen molar-refractivity contribution in [2.75, 3.05) is 6.54 Å². The molecule has 1 saturated carbocycles. The van der Waals surface area contributed by atoms with Crippen molar-refractivity contribution in [3.05, 3.63) is 106 Å². The van der Waals surface area contributed by atoms with Gasteiger partial charge in [0.15, 0.2) is 11.6 Å². The van der Waals surface area contributed by atoms with E-state index < -0.39 is 35.6 Å². The van der Waals surface area contributed by atoms with E-state index in [0.29, 0.717) is 11.5 Å². The van der Waals surface area contributed by atoms with Crippen molar-refractivity contribution >= 4 is 29.0 Å². The monoisotopic (exact) mass is 607 g/mol. The number of carboxylic acid groups (broad SMARTS) is 1. The molecule has 0 saturated heterocycles.